The van der Waals surface area contributed by atoms with Crippen molar-refractivity contribution < 1.29 is 9.47 Å². The van der Waals surface area contributed by atoms with Crippen molar-refractivity contribution in [3.63, 3.8) is 0 Å². The Balaban J connectivity index is 2.15. The van der Waals surface area contributed by atoms with Crippen molar-refractivity contribution in [1.29, 1.82) is 0 Å². The molecule has 0 spiro atoms. The van der Waals surface area contributed by atoms with Crippen LogP contribution in [0.15, 0.2) is 6.07 Å². The van der Waals surface area contributed by atoms with Crippen molar-refractivity contribution in [2.24, 2.45) is 0 Å². The summed E-state index contributed by atoms with van der Waals surface area (Å²) in [7, 11) is 3.21. The highest BCUT2D eigenvalue weighted by Crippen LogP contribution is 2.26. The second-order valence-electron chi connectivity index (χ2n) is 6.37. The third kappa shape index (κ3) is 4.20. The molecule has 21 heavy (non-hydrogen) atoms. The molecule has 2 heterocycles. The average molecular weight is 294 g/mol. The molecule has 0 aliphatic carbocycles. The van der Waals surface area contributed by atoms with Crippen LogP contribution in [0.5, 0.6) is 11.8 Å². The van der Waals surface area contributed by atoms with Crippen LogP contribution in [-0.2, 0) is 0 Å². The fraction of sp³-hybridized carbons (Fsp3) is 0.733. The zero-order chi connectivity index (χ0) is 15.5. The van der Waals surface area contributed by atoms with Gasteiger partial charge in [-0.15, -0.1) is 0 Å². The molecule has 6 nitrogen and oxygen atoms in total. The number of methoxy groups -OCH3 is 2. The van der Waals surface area contributed by atoms with Crippen molar-refractivity contribution >= 4 is 5.95 Å². The number of anilines is 1. The van der Waals surface area contributed by atoms with E-state index in [1.165, 1.54) is 0 Å². The molecule has 0 bridgehead atoms. The number of hydrogen-bond acceptors (Lipinski definition) is 6. The molecule has 1 aromatic rings. The number of nitrogens with one attached hydrogen (secondary N) is 1. The van der Waals surface area contributed by atoms with E-state index in [1.807, 2.05) is 0 Å². The largest absolute Gasteiger partial charge is 0.481 e. The summed E-state index contributed by atoms with van der Waals surface area (Å²) < 4.78 is 10.5. The maximum absolute atomic E-state index is 5.23. The molecule has 0 radical (unpaired) electrons. The van der Waals surface area contributed by atoms with Crippen molar-refractivity contribution in [1.82, 2.24) is 15.3 Å². The van der Waals surface area contributed by atoms with Crippen molar-refractivity contribution in [2.45, 2.75) is 45.2 Å². The van der Waals surface area contributed by atoms with Gasteiger partial charge in [0.1, 0.15) is 0 Å². The van der Waals surface area contributed by atoms with Crippen LogP contribution in [0.1, 0.15) is 33.6 Å². The average Bonchev–Trinajstić information content (AvgIpc) is 2.92. The Morgan fingerprint density at radius 3 is 2.38 bits per heavy atom. The van der Waals surface area contributed by atoms with E-state index in [0.29, 0.717) is 23.8 Å². The Morgan fingerprint density at radius 2 is 1.86 bits per heavy atom. The summed E-state index contributed by atoms with van der Waals surface area (Å²) >= 11 is 0. The van der Waals surface area contributed by atoms with E-state index < -0.39 is 0 Å². The standard InChI is InChI=1S/C15H26N4O2/c1-15(2,3)16-10-11-7-6-8-19(11)14-17-12(20-4)9-13(18-14)21-5/h9,11,16H,6-8,10H2,1-5H3. The summed E-state index contributed by atoms with van der Waals surface area (Å²) in [5.41, 5.74) is 0.112. The molecule has 1 fully saturated rings. The highest BCUT2D eigenvalue weighted by atomic mass is 16.5. The van der Waals surface area contributed by atoms with E-state index in [4.69, 9.17) is 9.47 Å². The van der Waals surface area contributed by atoms with E-state index in [2.05, 4.69) is 41.0 Å². The lowest BCUT2D eigenvalue weighted by Crippen LogP contribution is -2.45. The van der Waals surface area contributed by atoms with Crippen LogP contribution in [0, 0.1) is 0 Å². The lowest BCUT2D eigenvalue weighted by Gasteiger charge is -2.29. The quantitative estimate of drug-likeness (QED) is 0.894. The minimum atomic E-state index is 0.112. The van der Waals surface area contributed by atoms with E-state index >= 15 is 0 Å². The van der Waals surface area contributed by atoms with Crippen LogP contribution in [-0.4, -0.2) is 48.9 Å². The smallest absolute Gasteiger partial charge is 0.232 e. The van der Waals surface area contributed by atoms with Crippen LogP contribution in [0.4, 0.5) is 5.95 Å². The first-order valence-corrected chi connectivity index (χ1v) is 7.41. The van der Waals surface area contributed by atoms with Crippen LogP contribution in [0.3, 0.4) is 0 Å². The molecule has 1 N–H and O–H groups in total. The van der Waals surface area contributed by atoms with Gasteiger partial charge in [-0.2, -0.15) is 9.97 Å². The molecule has 1 aliphatic heterocycles. The third-order valence-corrected chi connectivity index (χ3v) is 3.59. The van der Waals surface area contributed by atoms with Gasteiger partial charge in [0, 0.05) is 24.7 Å². The first kappa shape index (κ1) is 15.8. The molecule has 1 unspecified atom stereocenters. The molecule has 1 aliphatic rings. The molecule has 0 aromatic carbocycles. The van der Waals surface area contributed by atoms with Gasteiger partial charge in [-0.3, -0.25) is 0 Å². The maximum atomic E-state index is 5.23. The Kier molecular flexibility index (Phi) is 4.88. The van der Waals surface area contributed by atoms with Gasteiger partial charge in [0.2, 0.25) is 17.7 Å². The second kappa shape index (κ2) is 6.47. The minimum Gasteiger partial charge on any atom is -0.481 e. The minimum absolute atomic E-state index is 0.112. The fourth-order valence-electron chi connectivity index (χ4n) is 2.47. The van der Waals surface area contributed by atoms with Crippen LogP contribution < -0.4 is 19.7 Å². The van der Waals surface area contributed by atoms with Gasteiger partial charge in [-0.05, 0) is 33.6 Å². The Hall–Kier alpha value is -1.56. The molecule has 2 rings (SSSR count). The first-order valence-electron chi connectivity index (χ1n) is 7.41. The predicted molar refractivity (Wildman–Crippen MR) is 83.3 cm³/mol. The van der Waals surface area contributed by atoms with E-state index in [9.17, 15) is 0 Å². The van der Waals surface area contributed by atoms with Gasteiger partial charge < -0.3 is 19.7 Å². The zero-order valence-corrected chi connectivity index (χ0v) is 13.6. The number of ether oxygens (including phenoxy) is 2. The third-order valence-electron chi connectivity index (χ3n) is 3.59. The van der Waals surface area contributed by atoms with Gasteiger partial charge in [0.05, 0.1) is 20.3 Å². The Labute approximate surface area is 126 Å². The molecular formula is C15H26N4O2. The summed E-state index contributed by atoms with van der Waals surface area (Å²) in [5.74, 6) is 1.75. The van der Waals surface area contributed by atoms with Gasteiger partial charge in [0.25, 0.3) is 0 Å². The Morgan fingerprint density at radius 1 is 1.24 bits per heavy atom. The van der Waals surface area contributed by atoms with Gasteiger partial charge in [-0.1, -0.05) is 0 Å². The molecule has 0 amide bonds. The summed E-state index contributed by atoms with van der Waals surface area (Å²) in [6.07, 6.45) is 2.30. The normalized spacial score (nSPS) is 18.9. The molecule has 118 valence electrons. The van der Waals surface area contributed by atoms with Gasteiger partial charge in [0.15, 0.2) is 0 Å². The first-order chi connectivity index (χ1) is 9.93. The monoisotopic (exact) mass is 294 g/mol. The molecule has 1 aromatic heterocycles. The van der Waals surface area contributed by atoms with Crippen molar-refractivity contribution in [2.75, 3.05) is 32.2 Å². The molecule has 6 heteroatoms. The summed E-state index contributed by atoms with van der Waals surface area (Å²) in [6.45, 7) is 8.42. The van der Waals surface area contributed by atoms with Gasteiger partial charge >= 0.3 is 0 Å². The Bertz CT molecular complexity index is 451. The van der Waals surface area contributed by atoms with Crippen LogP contribution in [0.2, 0.25) is 0 Å². The molecular weight excluding hydrogens is 268 g/mol. The number of rotatable bonds is 5. The SMILES string of the molecule is COc1cc(OC)nc(N2CCCC2CNC(C)(C)C)n1. The van der Waals surface area contributed by atoms with E-state index in [1.54, 1.807) is 20.3 Å². The summed E-state index contributed by atoms with van der Waals surface area (Å²) in [5, 5.41) is 3.56. The van der Waals surface area contributed by atoms with Crippen LogP contribution in [0.25, 0.3) is 0 Å². The number of nitrogens with zero attached hydrogens (tertiary/aromatic N) is 3. The number of hydrogen-bond donors (Lipinski definition) is 1. The van der Waals surface area contributed by atoms with E-state index in [-0.39, 0.29) is 5.54 Å². The molecule has 0 saturated carbocycles. The molecule has 1 atom stereocenters. The highest BCUT2D eigenvalue weighted by Gasteiger charge is 2.28. The van der Waals surface area contributed by atoms with E-state index in [0.717, 1.165) is 25.9 Å². The highest BCUT2D eigenvalue weighted by molar-refractivity contribution is 5.39. The van der Waals surface area contributed by atoms with Crippen LogP contribution >= 0.6 is 0 Å². The second-order valence-corrected chi connectivity index (χ2v) is 6.37. The maximum Gasteiger partial charge on any atom is 0.232 e. The van der Waals surface area contributed by atoms with Crippen molar-refractivity contribution in [3.05, 3.63) is 6.07 Å². The predicted octanol–water partition coefficient (Wildman–Crippen LogP) is 1.85. The molecule has 1 saturated heterocycles. The lowest BCUT2D eigenvalue weighted by atomic mass is 10.1. The zero-order valence-electron chi connectivity index (χ0n) is 13.6. The van der Waals surface area contributed by atoms with Crippen molar-refractivity contribution in [3.8, 4) is 11.8 Å². The summed E-state index contributed by atoms with van der Waals surface area (Å²) in [6, 6.07) is 2.10. The fourth-order valence-corrected chi connectivity index (χ4v) is 2.47. The topological polar surface area (TPSA) is 59.5 Å². The lowest BCUT2D eigenvalue weighted by molar-refractivity contribution is 0.369. The summed E-state index contributed by atoms with van der Waals surface area (Å²) in [4.78, 5) is 11.2. The van der Waals surface area contributed by atoms with Gasteiger partial charge in [-0.25, -0.2) is 0 Å². The number of aromatic nitrogens is 2.